The van der Waals surface area contributed by atoms with Gasteiger partial charge in [-0.25, -0.2) is 9.97 Å². The van der Waals surface area contributed by atoms with Crippen molar-refractivity contribution in [2.24, 2.45) is 5.92 Å². The number of amides is 1. The molecule has 0 radical (unpaired) electrons. The molecule has 2 aliphatic heterocycles. The summed E-state index contributed by atoms with van der Waals surface area (Å²) in [6, 6.07) is 2.20. The average molecular weight is 344 g/mol. The van der Waals surface area contributed by atoms with E-state index in [2.05, 4.69) is 14.5 Å². The molecular formula is C18H24N4O3. The molecule has 1 unspecified atom stereocenters. The van der Waals surface area contributed by atoms with E-state index in [1.54, 1.807) is 6.20 Å². The lowest BCUT2D eigenvalue weighted by molar-refractivity contribution is 0.0620. The van der Waals surface area contributed by atoms with E-state index in [9.17, 15) is 9.90 Å². The minimum atomic E-state index is -0.0202. The van der Waals surface area contributed by atoms with Crippen LogP contribution in [0.3, 0.4) is 0 Å². The van der Waals surface area contributed by atoms with Crippen LogP contribution in [-0.4, -0.2) is 63.4 Å². The Morgan fingerprint density at radius 2 is 2.12 bits per heavy atom. The molecule has 0 bridgehead atoms. The van der Waals surface area contributed by atoms with Crippen LogP contribution in [0.15, 0.2) is 18.6 Å². The summed E-state index contributed by atoms with van der Waals surface area (Å²) in [4.78, 5) is 23.6. The maximum Gasteiger partial charge on any atom is 0.255 e. The second-order valence-electron chi connectivity index (χ2n) is 7.00. The quantitative estimate of drug-likeness (QED) is 0.915. The molecule has 4 rings (SSSR count). The zero-order valence-electron chi connectivity index (χ0n) is 14.3. The van der Waals surface area contributed by atoms with Gasteiger partial charge in [0.2, 0.25) is 0 Å². The first-order valence-corrected chi connectivity index (χ1v) is 9.06. The molecule has 7 heteroatoms. The van der Waals surface area contributed by atoms with E-state index in [1.165, 1.54) is 0 Å². The number of hydrogen-bond donors (Lipinski definition) is 1. The average Bonchev–Trinajstić information content (AvgIpc) is 3.11. The number of carbonyl (C=O) groups is 1. The summed E-state index contributed by atoms with van der Waals surface area (Å²) in [5.74, 6) is 0.162. The number of likely N-dealkylation sites (tertiary alicyclic amines) is 1. The van der Waals surface area contributed by atoms with Crippen LogP contribution in [0.4, 0.5) is 0 Å². The third-order valence-electron chi connectivity index (χ3n) is 5.31. The molecule has 2 saturated heterocycles. The summed E-state index contributed by atoms with van der Waals surface area (Å²) in [6.07, 6.45) is 7.32. The van der Waals surface area contributed by atoms with E-state index in [4.69, 9.17) is 4.74 Å². The molecule has 1 atom stereocenters. The SMILES string of the molecule is O=C(c1cnc2c(c1)ncn2C1CCOCC1)N1CCCC(CO)C1. The Morgan fingerprint density at radius 1 is 1.28 bits per heavy atom. The highest BCUT2D eigenvalue weighted by Gasteiger charge is 2.25. The van der Waals surface area contributed by atoms with Crippen LogP contribution in [-0.2, 0) is 4.74 Å². The van der Waals surface area contributed by atoms with E-state index in [-0.39, 0.29) is 18.4 Å². The van der Waals surface area contributed by atoms with Crippen molar-refractivity contribution in [3.05, 3.63) is 24.2 Å². The second kappa shape index (κ2) is 7.09. The van der Waals surface area contributed by atoms with Crippen molar-refractivity contribution in [1.82, 2.24) is 19.4 Å². The molecule has 2 aromatic rings. The van der Waals surface area contributed by atoms with E-state index in [0.29, 0.717) is 18.2 Å². The monoisotopic (exact) mass is 344 g/mol. The molecule has 4 heterocycles. The van der Waals surface area contributed by atoms with Gasteiger partial charge < -0.3 is 19.3 Å². The Morgan fingerprint density at radius 3 is 2.92 bits per heavy atom. The molecule has 2 aromatic heterocycles. The second-order valence-corrected chi connectivity index (χ2v) is 7.00. The number of carbonyl (C=O) groups excluding carboxylic acids is 1. The smallest absolute Gasteiger partial charge is 0.255 e. The minimum absolute atomic E-state index is 0.0202. The van der Waals surface area contributed by atoms with Crippen LogP contribution >= 0.6 is 0 Å². The first-order valence-electron chi connectivity index (χ1n) is 9.06. The number of aliphatic hydroxyl groups is 1. The van der Waals surface area contributed by atoms with Crippen LogP contribution in [0.25, 0.3) is 11.2 Å². The third kappa shape index (κ3) is 3.26. The Hall–Kier alpha value is -1.99. The Labute approximate surface area is 146 Å². The van der Waals surface area contributed by atoms with Gasteiger partial charge >= 0.3 is 0 Å². The van der Waals surface area contributed by atoms with Crippen LogP contribution in [0.5, 0.6) is 0 Å². The predicted molar refractivity (Wildman–Crippen MR) is 92.3 cm³/mol. The first kappa shape index (κ1) is 16.5. The highest BCUT2D eigenvalue weighted by Crippen LogP contribution is 2.25. The summed E-state index contributed by atoms with van der Waals surface area (Å²) in [6.45, 7) is 3.02. The van der Waals surface area contributed by atoms with Gasteiger partial charge in [0, 0.05) is 45.1 Å². The van der Waals surface area contributed by atoms with Gasteiger partial charge in [-0.05, 0) is 37.7 Å². The van der Waals surface area contributed by atoms with Crippen LogP contribution in [0.2, 0.25) is 0 Å². The topological polar surface area (TPSA) is 80.5 Å². The van der Waals surface area contributed by atoms with Gasteiger partial charge in [0.05, 0.1) is 11.9 Å². The maximum atomic E-state index is 12.8. The fourth-order valence-electron chi connectivity index (χ4n) is 3.85. The fraction of sp³-hybridized carbons (Fsp3) is 0.611. The van der Waals surface area contributed by atoms with Crippen molar-refractivity contribution in [3.63, 3.8) is 0 Å². The van der Waals surface area contributed by atoms with Crippen molar-refractivity contribution in [2.75, 3.05) is 32.9 Å². The van der Waals surface area contributed by atoms with Crippen molar-refractivity contribution < 1.29 is 14.6 Å². The number of piperidine rings is 1. The van der Waals surface area contributed by atoms with Crippen LogP contribution < -0.4 is 0 Å². The van der Waals surface area contributed by atoms with Gasteiger partial charge in [-0.3, -0.25) is 4.79 Å². The Bertz CT molecular complexity index is 754. The lowest BCUT2D eigenvalue weighted by Gasteiger charge is -2.31. The van der Waals surface area contributed by atoms with E-state index >= 15 is 0 Å². The van der Waals surface area contributed by atoms with Gasteiger partial charge in [-0.2, -0.15) is 0 Å². The number of fused-ring (bicyclic) bond motifs is 1. The molecule has 25 heavy (non-hydrogen) atoms. The van der Waals surface area contributed by atoms with E-state index in [0.717, 1.165) is 56.6 Å². The molecule has 2 aliphatic rings. The summed E-state index contributed by atoms with van der Waals surface area (Å²) in [7, 11) is 0. The number of aromatic nitrogens is 3. The number of rotatable bonds is 3. The van der Waals surface area contributed by atoms with Crippen molar-refractivity contribution >= 4 is 17.1 Å². The number of nitrogens with zero attached hydrogens (tertiary/aromatic N) is 4. The molecule has 2 fully saturated rings. The molecule has 1 N–H and O–H groups in total. The minimum Gasteiger partial charge on any atom is -0.396 e. The molecule has 134 valence electrons. The van der Waals surface area contributed by atoms with Crippen molar-refractivity contribution in [2.45, 2.75) is 31.7 Å². The van der Waals surface area contributed by atoms with E-state index < -0.39 is 0 Å². The van der Waals surface area contributed by atoms with Crippen molar-refractivity contribution in [3.8, 4) is 0 Å². The molecule has 0 spiro atoms. The Kier molecular flexibility index (Phi) is 4.67. The number of imidazole rings is 1. The van der Waals surface area contributed by atoms with Gasteiger partial charge in [0.1, 0.15) is 5.52 Å². The highest BCUT2D eigenvalue weighted by atomic mass is 16.5. The van der Waals surface area contributed by atoms with E-state index in [1.807, 2.05) is 17.3 Å². The number of aliphatic hydroxyl groups excluding tert-OH is 1. The van der Waals surface area contributed by atoms with Gasteiger partial charge in [-0.15, -0.1) is 0 Å². The molecule has 0 aromatic carbocycles. The van der Waals surface area contributed by atoms with Gasteiger partial charge in [0.15, 0.2) is 5.65 Å². The molecule has 7 nitrogen and oxygen atoms in total. The molecular weight excluding hydrogens is 320 g/mol. The zero-order valence-corrected chi connectivity index (χ0v) is 14.3. The third-order valence-corrected chi connectivity index (χ3v) is 5.31. The normalized spacial score (nSPS) is 22.4. The lowest BCUT2D eigenvalue weighted by Crippen LogP contribution is -2.41. The highest BCUT2D eigenvalue weighted by molar-refractivity contribution is 5.96. The number of pyridine rings is 1. The van der Waals surface area contributed by atoms with Gasteiger partial charge in [-0.1, -0.05) is 0 Å². The van der Waals surface area contributed by atoms with Crippen LogP contribution in [0, 0.1) is 5.92 Å². The Balaban J connectivity index is 1.56. The standard InChI is InChI=1S/C18H24N4O3/c23-11-13-2-1-5-21(10-13)18(24)14-8-16-17(19-9-14)22(12-20-16)15-3-6-25-7-4-15/h8-9,12-13,15,23H,1-7,10-11H2. The fourth-order valence-corrected chi connectivity index (χ4v) is 3.85. The molecule has 1 amide bonds. The first-order chi connectivity index (χ1) is 12.3. The number of ether oxygens (including phenoxy) is 1. The number of hydrogen-bond acceptors (Lipinski definition) is 5. The van der Waals surface area contributed by atoms with Gasteiger partial charge in [0.25, 0.3) is 5.91 Å². The maximum absolute atomic E-state index is 12.8. The largest absolute Gasteiger partial charge is 0.396 e. The predicted octanol–water partition coefficient (Wildman–Crippen LogP) is 1.63. The summed E-state index contributed by atoms with van der Waals surface area (Å²) in [5, 5.41) is 9.36. The molecule has 0 aliphatic carbocycles. The van der Waals surface area contributed by atoms with Crippen LogP contribution in [0.1, 0.15) is 42.1 Å². The summed E-state index contributed by atoms with van der Waals surface area (Å²) < 4.78 is 7.53. The van der Waals surface area contributed by atoms with Crippen molar-refractivity contribution in [1.29, 1.82) is 0 Å². The molecule has 0 saturated carbocycles. The summed E-state index contributed by atoms with van der Waals surface area (Å²) >= 11 is 0. The zero-order chi connectivity index (χ0) is 17.2. The lowest BCUT2D eigenvalue weighted by atomic mass is 9.98. The summed E-state index contributed by atoms with van der Waals surface area (Å²) in [5.41, 5.74) is 2.16.